The van der Waals surface area contributed by atoms with Crippen molar-refractivity contribution in [3.8, 4) is 5.75 Å². The molecule has 3 rings (SSSR count). The number of carbonyl (C=O) groups is 3. The van der Waals surface area contributed by atoms with Crippen molar-refractivity contribution >= 4 is 23.4 Å². The molecule has 1 aromatic carbocycles. The van der Waals surface area contributed by atoms with E-state index in [1.165, 1.54) is 4.90 Å². The lowest BCUT2D eigenvalue weighted by Gasteiger charge is -2.27. The Morgan fingerprint density at radius 3 is 2.32 bits per heavy atom. The minimum absolute atomic E-state index is 0.00128. The van der Waals surface area contributed by atoms with Crippen LogP contribution in [0.1, 0.15) is 66.1 Å². The van der Waals surface area contributed by atoms with E-state index in [-0.39, 0.29) is 23.6 Å². The molecule has 1 amide bonds. The van der Waals surface area contributed by atoms with Crippen molar-refractivity contribution in [2.45, 2.75) is 47.1 Å². The zero-order valence-electron chi connectivity index (χ0n) is 22.5. The lowest BCUT2D eigenvalue weighted by atomic mass is 9.94. The molecule has 1 aliphatic heterocycles. The molecule has 9 nitrogen and oxygen atoms in total. The summed E-state index contributed by atoms with van der Waals surface area (Å²) in [6.45, 7) is 12.4. The number of esters is 1. The molecule has 2 heterocycles. The molecule has 1 saturated heterocycles. The summed E-state index contributed by atoms with van der Waals surface area (Å²) >= 11 is 0. The zero-order chi connectivity index (χ0) is 27.3. The van der Waals surface area contributed by atoms with Crippen molar-refractivity contribution < 1.29 is 29.0 Å². The van der Waals surface area contributed by atoms with Gasteiger partial charge in [-0.15, -0.1) is 0 Å². The summed E-state index contributed by atoms with van der Waals surface area (Å²) < 4.78 is 10.4. The van der Waals surface area contributed by atoms with E-state index in [1.807, 2.05) is 0 Å². The summed E-state index contributed by atoms with van der Waals surface area (Å²) in [5.74, 6) is -1.63. The number of nitrogens with one attached hydrogen (secondary N) is 1. The lowest BCUT2D eigenvalue weighted by Crippen LogP contribution is -2.33. The topological polar surface area (TPSA) is 112 Å². The second kappa shape index (κ2) is 12.1. The van der Waals surface area contributed by atoms with Gasteiger partial charge in [0.25, 0.3) is 11.7 Å². The number of rotatable bonds is 11. The molecule has 9 heteroatoms. The smallest absolute Gasteiger partial charge is 0.355 e. The number of carbonyl (C=O) groups excluding carboxylic acids is 3. The predicted octanol–water partition coefficient (Wildman–Crippen LogP) is 3.97. The van der Waals surface area contributed by atoms with E-state index in [9.17, 15) is 19.5 Å². The monoisotopic (exact) mass is 511 g/mol. The van der Waals surface area contributed by atoms with Gasteiger partial charge in [-0.25, -0.2) is 4.79 Å². The molecule has 0 bridgehead atoms. The van der Waals surface area contributed by atoms with Crippen molar-refractivity contribution in [2.75, 3.05) is 39.9 Å². The molecule has 2 aromatic rings. The van der Waals surface area contributed by atoms with E-state index in [0.717, 1.165) is 19.6 Å². The summed E-state index contributed by atoms with van der Waals surface area (Å²) in [5, 5.41) is 11.5. The maximum Gasteiger partial charge on any atom is 0.355 e. The Balaban J connectivity index is 2.11. The Hall–Kier alpha value is -3.59. The lowest BCUT2D eigenvalue weighted by molar-refractivity contribution is -0.140. The minimum Gasteiger partial charge on any atom is -0.507 e. The van der Waals surface area contributed by atoms with Gasteiger partial charge in [-0.05, 0) is 70.1 Å². The molecule has 0 aliphatic carbocycles. The second-order valence-electron chi connectivity index (χ2n) is 8.99. The summed E-state index contributed by atoms with van der Waals surface area (Å²) in [4.78, 5) is 45.8. The molecule has 0 radical (unpaired) electrons. The van der Waals surface area contributed by atoms with Gasteiger partial charge in [-0.1, -0.05) is 26.0 Å². The number of Topliss-reactive ketones (excluding diaryl/α,β-unsaturated/α-hetero) is 1. The van der Waals surface area contributed by atoms with Gasteiger partial charge in [0, 0.05) is 17.8 Å². The quantitative estimate of drug-likeness (QED) is 0.203. The van der Waals surface area contributed by atoms with E-state index in [4.69, 9.17) is 9.47 Å². The molecule has 37 heavy (non-hydrogen) atoms. The van der Waals surface area contributed by atoms with Gasteiger partial charge >= 0.3 is 5.97 Å². The molecule has 1 fully saturated rings. The van der Waals surface area contributed by atoms with E-state index in [0.29, 0.717) is 41.1 Å². The average Bonchev–Trinajstić information content (AvgIpc) is 3.33. The highest BCUT2D eigenvalue weighted by Gasteiger charge is 2.46. The maximum atomic E-state index is 13.4. The third-order valence-electron chi connectivity index (χ3n) is 6.89. The number of H-pyrrole nitrogens is 1. The number of benzene rings is 1. The number of aliphatic hydroxyl groups excluding tert-OH is 1. The van der Waals surface area contributed by atoms with Gasteiger partial charge in [0.2, 0.25) is 0 Å². The number of aryl methyl sites for hydroxylation is 1. The van der Waals surface area contributed by atoms with Gasteiger partial charge in [0.05, 0.1) is 25.3 Å². The molecule has 0 spiro atoms. The number of nitrogens with zero attached hydrogens (tertiary/aromatic N) is 2. The normalized spacial score (nSPS) is 17.1. The molecule has 1 aromatic heterocycles. The van der Waals surface area contributed by atoms with E-state index < -0.39 is 23.7 Å². The number of ketones is 1. The Bertz CT molecular complexity index is 1180. The van der Waals surface area contributed by atoms with Crippen LogP contribution in [0.3, 0.4) is 0 Å². The van der Waals surface area contributed by atoms with Gasteiger partial charge in [0.1, 0.15) is 17.2 Å². The summed E-state index contributed by atoms with van der Waals surface area (Å²) in [6, 6.07) is 6.33. The first kappa shape index (κ1) is 28.0. The third kappa shape index (κ3) is 5.56. The Kier molecular flexibility index (Phi) is 9.15. The predicted molar refractivity (Wildman–Crippen MR) is 141 cm³/mol. The summed E-state index contributed by atoms with van der Waals surface area (Å²) in [6.07, 6.45) is 0.677. The van der Waals surface area contributed by atoms with Crippen LogP contribution in [0.15, 0.2) is 29.8 Å². The highest BCUT2D eigenvalue weighted by molar-refractivity contribution is 6.46. The van der Waals surface area contributed by atoms with Crippen molar-refractivity contribution in [2.24, 2.45) is 0 Å². The van der Waals surface area contributed by atoms with Gasteiger partial charge in [-0.2, -0.15) is 0 Å². The number of aromatic nitrogens is 1. The molecule has 200 valence electrons. The Morgan fingerprint density at radius 2 is 1.76 bits per heavy atom. The van der Waals surface area contributed by atoms with Gasteiger partial charge in [0.15, 0.2) is 0 Å². The van der Waals surface area contributed by atoms with E-state index >= 15 is 0 Å². The largest absolute Gasteiger partial charge is 0.507 e. The highest BCUT2D eigenvalue weighted by atomic mass is 16.5. The number of amides is 1. The number of likely N-dealkylation sites (tertiary alicyclic amines) is 1. The van der Waals surface area contributed by atoms with Crippen molar-refractivity contribution in [1.29, 1.82) is 0 Å². The van der Waals surface area contributed by atoms with Crippen molar-refractivity contribution in [3.05, 3.63) is 57.9 Å². The van der Waals surface area contributed by atoms with Crippen LogP contribution in [0, 0.1) is 13.8 Å². The molecular formula is C28H37N3O6. The van der Waals surface area contributed by atoms with Crippen LogP contribution < -0.4 is 4.74 Å². The highest BCUT2D eigenvalue weighted by Crippen LogP contribution is 2.41. The van der Waals surface area contributed by atoms with E-state index in [2.05, 4.69) is 23.7 Å². The fraction of sp³-hybridized carbons (Fsp3) is 0.464. The first-order chi connectivity index (χ1) is 17.7. The van der Waals surface area contributed by atoms with Crippen LogP contribution in [-0.2, 0) is 14.3 Å². The maximum absolute atomic E-state index is 13.4. The van der Waals surface area contributed by atoms with Crippen LogP contribution >= 0.6 is 0 Å². The summed E-state index contributed by atoms with van der Waals surface area (Å²) in [7, 11) is 1.56. The zero-order valence-corrected chi connectivity index (χ0v) is 22.5. The Morgan fingerprint density at radius 1 is 1.11 bits per heavy atom. The number of ether oxygens (including phenoxy) is 2. The van der Waals surface area contributed by atoms with Crippen LogP contribution in [0.2, 0.25) is 0 Å². The van der Waals surface area contributed by atoms with E-state index in [1.54, 1.807) is 52.1 Å². The Labute approximate surface area is 218 Å². The average molecular weight is 512 g/mol. The van der Waals surface area contributed by atoms with Crippen molar-refractivity contribution in [1.82, 2.24) is 14.8 Å². The molecule has 1 atom stereocenters. The first-order valence-electron chi connectivity index (χ1n) is 12.7. The van der Waals surface area contributed by atoms with Crippen LogP contribution in [-0.4, -0.2) is 77.4 Å². The standard InChI is InChI=1S/C28H37N3O6/c1-7-30(8-2)15-10-16-31-24(19-11-13-20(36-6)14-12-19)22(26(33)27(31)34)25(32)21-17(4)23(29-18(21)5)28(35)37-9-3/h11-14,24,29,32H,7-10,15-16H2,1-6H3. The fourth-order valence-corrected chi connectivity index (χ4v) is 4.90. The SMILES string of the molecule is CCOC(=O)c1[nH]c(C)c(C(O)=C2C(=O)C(=O)N(CCCN(CC)CC)C2c2ccc(OC)cc2)c1C. The number of hydrogen-bond donors (Lipinski definition) is 2. The number of hydrogen-bond acceptors (Lipinski definition) is 7. The fourth-order valence-electron chi connectivity index (χ4n) is 4.90. The first-order valence-corrected chi connectivity index (χ1v) is 12.7. The molecular weight excluding hydrogens is 474 g/mol. The number of aliphatic hydroxyl groups is 1. The van der Waals surface area contributed by atoms with Crippen molar-refractivity contribution in [3.63, 3.8) is 0 Å². The number of aromatic amines is 1. The third-order valence-corrected chi connectivity index (χ3v) is 6.89. The van der Waals surface area contributed by atoms with Crippen LogP contribution in [0.25, 0.3) is 5.76 Å². The number of methoxy groups -OCH3 is 1. The second-order valence-corrected chi connectivity index (χ2v) is 8.99. The minimum atomic E-state index is -0.776. The van der Waals surface area contributed by atoms with Crippen LogP contribution in [0.4, 0.5) is 0 Å². The van der Waals surface area contributed by atoms with Gasteiger partial charge in [-0.3, -0.25) is 9.59 Å². The summed E-state index contributed by atoms with van der Waals surface area (Å²) in [5.41, 5.74) is 2.16. The molecule has 1 aliphatic rings. The van der Waals surface area contributed by atoms with Gasteiger partial charge < -0.3 is 29.4 Å². The molecule has 2 N–H and O–H groups in total. The molecule has 1 unspecified atom stereocenters. The molecule has 0 saturated carbocycles. The van der Waals surface area contributed by atoms with Crippen LogP contribution in [0.5, 0.6) is 5.75 Å².